The number of nitrogens with one attached hydrogen (secondary N) is 1. The van der Waals surface area contributed by atoms with Gasteiger partial charge in [0, 0.05) is 18.4 Å². The van der Waals surface area contributed by atoms with Crippen molar-refractivity contribution in [2.24, 2.45) is 5.92 Å². The minimum Gasteiger partial charge on any atom is -0.461 e. The molecule has 0 amide bonds. The third-order valence-electron chi connectivity index (χ3n) is 2.89. The molecule has 2 nitrogen and oxygen atoms in total. The zero-order chi connectivity index (χ0) is 12.3. The summed E-state index contributed by atoms with van der Waals surface area (Å²) in [6.07, 6.45) is 0.959. The summed E-state index contributed by atoms with van der Waals surface area (Å²) >= 11 is 0. The van der Waals surface area contributed by atoms with Crippen molar-refractivity contribution >= 4 is 11.0 Å². The van der Waals surface area contributed by atoms with E-state index in [-0.39, 0.29) is 0 Å². The van der Waals surface area contributed by atoms with E-state index >= 15 is 0 Å². The van der Waals surface area contributed by atoms with Crippen molar-refractivity contribution in [1.82, 2.24) is 5.32 Å². The average Bonchev–Trinajstić information content (AvgIpc) is 2.69. The Morgan fingerprint density at radius 3 is 2.82 bits per heavy atom. The predicted molar refractivity (Wildman–Crippen MR) is 72.4 cm³/mol. The van der Waals surface area contributed by atoms with Gasteiger partial charge in [-0.15, -0.1) is 0 Å². The number of rotatable bonds is 5. The molecule has 0 spiro atoms. The van der Waals surface area contributed by atoms with Crippen LogP contribution in [-0.2, 0) is 6.42 Å². The Bertz CT molecular complexity index is 485. The van der Waals surface area contributed by atoms with E-state index in [0.717, 1.165) is 30.9 Å². The molecule has 1 aromatic heterocycles. The maximum absolute atomic E-state index is 5.87. The lowest BCUT2D eigenvalue weighted by molar-refractivity contribution is 0.509. The quantitative estimate of drug-likeness (QED) is 0.796. The highest BCUT2D eigenvalue weighted by Gasteiger charge is 2.05. The van der Waals surface area contributed by atoms with Crippen LogP contribution in [0.4, 0.5) is 0 Å². The molecule has 0 unspecified atom stereocenters. The molecule has 2 rings (SSSR count). The van der Waals surface area contributed by atoms with E-state index in [4.69, 9.17) is 4.42 Å². The molecule has 1 N–H and O–H groups in total. The normalized spacial score (nSPS) is 11.5. The van der Waals surface area contributed by atoms with Crippen LogP contribution in [0.25, 0.3) is 11.0 Å². The number of benzene rings is 1. The second-order valence-corrected chi connectivity index (χ2v) is 5.05. The molecule has 0 aliphatic carbocycles. The fourth-order valence-electron chi connectivity index (χ4n) is 1.99. The first-order chi connectivity index (χ1) is 8.16. The summed E-state index contributed by atoms with van der Waals surface area (Å²) in [5.74, 6) is 1.78. The molecule has 17 heavy (non-hydrogen) atoms. The molecule has 2 aromatic rings. The third-order valence-corrected chi connectivity index (χ3v) is 2.89. The van der Waals surface area contributed by atoms with E-state index < -0.39 is 0 Å². The van der Waals surface area contributed by atoms with E-state index in [1.807, 2.05) is 0 Å². The largest absolute Gasteiger partial charge is 0.461 e. The maximum atomic E-state index is 5.87. The molecule has 2 heteroatoms. The Hall–Kier alpha value is -1.28. The number of hydrogen-bond donors (Lipinski definition) is 1. The van der Waals surface area contributed by atoms with Gasteiger partial charge in [-0.25, -0.2) is 0 Å². The Morgan fingerprint density at radius 2 is 2.12 bits per heavy atom. The highest BCUT2D eigenvalue weighted by atomic mass is 16.3. The van der Waals surface area contributed by atoms with Gasteiger partial charge in [-0.1, -0.05) is 32.0 Å². The second kappa shape index (κ2) is 5.37. The van der Waals surface area contributed by atoms with Crippen molar-refractivity contribution in [3.8, 4) is 0 Å². The van der Waals surface area contributed by atoms with Gasteiger partial charge >= 0.3 is 0 Å². The van der Waals surface area contributed by atoms with Crippen molar-refractivity contribution in [3.05, 3.63) is 35.6 Å². The second-order valence-electron chi connectivity index (χ2n) is 5.05. The van der Waals surface area contributed by atoms with Gasteiger partial charge in [0.05, 0.1) is 0 Å². The van der Waals surface area contributed by atoms with Gasteiger partial charge in [-0.2, -0.15) is 0 Å². The van der Waals surface area contributed by atoms with Crippen LogP contribution in [0.15, 0.2) is 28.7 Å². The number of para-hydroxylation sites is 1. The van der Waals surface area contributed by atoms with Gasteiger partial charge in [0.1, 0.15) is 11.3 Å². The van der Waals surface area contributed by atoms with Gasteiger partial charge < -0.3 is 9.73 Å². The molecule has 0 aliphatic heterocycles. The van der Waals surface area contributed by atoms with Crippen LogP contribution in [0.2, 0.25) is 0 Å². The lowest BCUT2D eigenvalue weighted by Crippen LogP contribution is -2.21. The SMILES string of the molecule is Cc1cccc2cc(CCNCC(C)C)oc12. The summed E-state index contributed by atoms with van der Waals surface area (Å²) in [6, 6.07) is 8.43. The summed E-state index contributed by atoms with van der Waals surface area (Å²) < 4.78 is 5.87. The van der Waals surface area contributed by atoms with Crippen molar-refractivity contribution in [2.75, 3.05) is 13.1 Å². The van der Waals surface area contributed by atoms with Crippen LogP contribution in [-0.4, -0.2) is 13.1 Å². The van der Waals surface area contributed by atoms with Gasteiger partial charge in [-0.3, -0.25) is 0 Å². The molecule has 0 atom stereocenters. The highest BCUT2D eigenvalue weighted by molar-refractivity contribution is 5.80. The molecule has 1 aromatic carbocycles. The van der Waals surface area contributed by atoms with Gasteiger partial charge in [-0.05, 0) is 31.0 Å². The lowest BCUT2D eigenvalue weighted by atomic mass is 10.2. The molecular weight excluding hydrogens is 210 g/mol. The standard InChI is InChI=1S/C15H21NO/c1-11(2)10-16-8-7-14-9-13-6-4-5-12(3)15(13)17-14/h4-6,9,11,16H,7-8,10H2,1-3H3. The summed E-state index contributed by atoms with van der Waals surface area (Å²) in [4.78, 5) is 0. The smallest absolute Gasteiger partial charge is 0.137 e. The van der Waals surface area contributed by atoms with Crippen molar-refractivity contribution in [2.45, 2.75) is 27.2 Å². The first kappa shape index (κ1) is 12.2. The minimum atomic E-state index is 0.702. The van der Waals surface area contributed by atoms with E-state index in [1.54, 1.807) is 0 Å². The van der Waals surface area contributed by atoms with E-state index in [9.17, 15) is 0 Å². The zero-order valence-electron chi connectivity index (χ0n) is 10.9. The fourth-order valence-corrected chi connectivity index (χ4v) is 1.99. The topological polar surface area (TPSA) is 25.2 Å². The number of furan rings is 1. The van der Waals surface area contributed by atoms with E-state index in [0.29, 0.717) is 5.92 Å². The summed E-state index contributed by atoms with van der Waals surface area (Å²) in [5, 5.41) is 4.64. The molecule has 0 bridgehead atoms. The molecular formula is C15H21NO. The summed E-state index contributed by atoms with van der Waals surface area (Å²) in [5.41, 5.74) is 2.25. The van der Waals surface area contributed by atoms with E-state index in [2.05, 4.69) is 50.4 Å². The van der Waals surface area contributed by atoms with Gasteiger partial charge in [0.15, 0.2) is 0 Å². The number of fused-ring (bicyclic) bond motifs is 1. The first-order valence-corrected chi connectivity index (χ1v) is 6.35. The third kappa shape index (κ3) is 3.10. The van der Waals surface area contributed by atoms with Crippen molar-refractivity contribution < 1.29 is 4.42 Å². The summed E-state index contributed by atoms with van der Waals surface area (Å²) in [6.45, 7) is 8.58. The van der Waals surface area contributed by atoms with Crippen LogP contribution in [0.3, 0.4) is 0 Å². The Kier molecular flexibility index (Phi) is 3.85. The monoisotopic (exact) mass is 231 g/mol. The van der Waals surface area contributed by atoms with Gasteiger partial charge in [0.25, 0.3) is 0 Å². The zero-order valence-corrected chi connectivity index (χ0v) is 10.9. The maximum Gasteiger partial charge on any atom is 0.137 e. The summed E-state index contributed by atoms with van der Waals surface area (Å²) in [7, 11) is 0. The minimum absolute atomic E-state index is 0.702. The molecule has 0 saturated heterocycles. The fraction of sp³-hybridized carbons (Fsp3) is 0.467. The highest BCUT2D eigenvalue weighted by Crippen LogP contribution is 2.22. The van der Waals surface area contributed by atoms with Crippen LogP contribution in [0.5, 0.6) is 0 Å². The molecule has 92 valence electrons. The van der Waals surface area contributed by atoms with Crippen LogP contribution < -0.4 is 5.32 Å². The molecule has 0 aliphatic rings. The van der Waals surface area contributed by atoms with Crippen LogP contribution in [0.1, 0.15) is 25.2 Å². The van der Waals surface area contributed by atoms with Gasteiger partial charge in [0.2, 0.25) is 0 Å². The van der Waals surface area contributed by atoms with Crippen molar-refractivity contribution in [3.63, 3.8) is 0 Å². The number of aryl methyl sites for hydroxylation is 1. The number of hydrogen-bond acceptors (Lipinski definition) is 2. The molecule has 0 fully saturated rings. The first-order valence-electron chi connectivity index (χ1n) is 6.35. The Morgan fingerprint density at radius 1 is 1.29 bits per heavy atom. The molecule has 0 radical (unpaired) electrons. The van der Waals surface area contributed by atoms with Crippen LogP contribution in [0, 0.1) is 12.8 Å². The Balaban J connectivity index is 1.98. The average molecular weight is 231 g/mol. The molecule has 1 heterocycles. The Labute approximate surface area is 103 Å². The van der Waals surface area contributed by atoms with Crippen molar-refractivity contribution in [1.29, 1.82) is 0 Å². The van der Waals surface area contributed by atoms with Crippen LogP contribution >= 0.6 is 0 Å². The predicted octanol–water partition coefficient (Wildman–Crippen LogP) is 3.53. The van der Waals surface area contributed by atoms with E-state index in [1.165, 1.54) is 10.9 Å². The molecule has 0 saturated carbocycles. The lowest BCUT2D eigenvalue weighted by Gasteiger charge is -2.05.